The highest BCUT2D eigenvalue weighted by molar-refractivity contribution is 7.13. The van der Waals surface area contributed by atoms with E-state index in [9.17, 15) is 0 Å². The summed E-state index contributed by atoms with van der Waals surface area (Å²) in [5, 5.41) is 5.05. The summed E-state index contributed by atoms with van der Waals surface area (Å²) in [6, 6.07) is 36.3. The molecule has 0 aromatic heterocycles. The van der Waals surface area contributed by atoms with Gasteiger partial charge in [0.2, 0.25) is 0 Å². The summed E-state index contributed by atoms with van der Waals surface area (Å²) < 4.78 is 0. The Hall–Kier alpha value is -3.42. The highest BCUT2D eigenvalue weighted by Gasteiger charge is 2.48. The van der Waals surface area contributed by atoms with Gasteiger partial charge in [0.25, 0.3) is 0 Å². The molecule has 0 heterocycles. The molecule has 1 aliphatic carbocycles. The predicted molar refractivity (Wildman–Crippen MR) is 302 cm³/mol. The molecule has 1 heteroatoms. The van der Waals surface area contributed by atoms with E-state index in [0.717, 1.165) is 6.42 Å². The van der Waals surface area contributed by atoms with Crippen LogP contribution in [0.15, 0.2) is 109 Å². The largest absolute Gasteiger partial charge is 0.159 e. The van der Waals surface area contributed by atoms with Crippen molar-refractivity contribution in [2.45, 2.75) is 246 Å². The Kier molecular flexibility index (Phi) is 25.8. The van der Waals surface area contributed by atoms with Crippen LogP contribution in [0.4, 0.5) is 0 Å². The molecule has 0 saturated carbocycles. The predicted octanol–water partition coefficient (Wildman–Crippen LogP) is 18.0. The topological polar surface area (TPSA) is 0 Å². The standard InChI is InChI=1S/C66H98Si/c1-7-13-19-26-37-56-45-57(38-27-20-14-8-2)50-63(49-56)67(66-44-34-43-62(66)48-55-35-32-25-33-36-55,64-51-58(39-28-21-15-9-3)46-59(52-64)40-29-22-16-10-4)65-53-60(41-30-23-17-11-5)47-61(54-65)42-31-24-18-12-6/h25,32-36,43-47,49-54,66H,7-24,26-31,37-42,48H2,1-6H3. The van der Waals surface area contributed by atoms with Gasteiger partial charge in [-0.3, -0.25) is 0 Å². The second-order valence-corrected chi connectivity index (χ2v) is 25.0. The Labute approximate surface area is 415 Å². The summed E-state index contributed by atoms with van der Waals surface area (Å²) in [5.74, 6) is 0. The average molecular weight is 920 g/mol. The Bertz CT molecular complexity index is 1750. The minimum absolute atomic E-state index is 0.336. The molecular weight excluding hydrogens is 821 g/mol. The Morgan fingerprint density at radius 3 is 0.910 bits per heavy atom. The molecule has 1 unspecified atom stereocenters. The minimum Gasteiger partial charge on any atom is -0.0790 e. The fourth-order valence-corrected chi connectivity index (χ4v) is 17.1. The second-order valence-electron chi connectivity index (χ2n) is 21.1. The van der Waals surface area contributed by atoms with Crippen LogP contribution in [0.25, 0.3) is 0 Å². The maximum Gasteiger partial charge on any atom is 0.159 e. The highest BCUT2D eigenvalue weighted by Crippen LogP contribution is 2.39. The van der Waals surface area contributed by atoms with Crippen molar-refractivity contribution < 1.29 is 0 Å². The van der Waals surface area contributed by atoms with Crippen LogP contribution >= 0.6 is 0 Å². The van der Waals surface area contributed by atoms with E-state index in [1.165, 1.54) is 198 Å². The Morgan fingerprint density at radius 1 is 0.328 bits per heavy atom. The van der Waals surface area contributed by atoms with Gasteiger partial charge in [-0.25, -0.2) is 0 Å². The molecule has 4 aromatic carbocycles. The molecule has 0 aliphatic heterocycles. The van der Waals surface area contributed by atoms with Crippen molar-refractivity contribution in [2.75, 3.05) is 0 Å². The zero-order valence-corrected chi connectivity index (χ0v) is 45.3. The van der Waals surface area contributed by atoms with Gasteiger partial charge in [-0.2, -0.15) is 0 Å². The molecule has 1 atom stereocenters. The lowest BCUT2D eigenvalue weighted by Crippen LogP contribution is -2.70. The number of rotatable bonds is 36. The highest BCUT2D eigenvalue weighted by atomic mass is 28.3. The molecule has 4 aromatic rings. The van der Waals surface area contributed by atoms with E-state index in [4.69, 9.17) is 0 Å². The monoisotopic (exact) mass is 919 g/mol. The van der Waals surface area contributed by atoms with Crippen molar-refractivity contribution in [3.63, 3.8) is 0 Å². The van der Waals surface area contributed by atoms with Crippen LogP contribution in [-0.2, 0) is 44.9 Å². The number of benzene rings is 4. The van der Waals surface area contributed by atoms with Crippen molar-refractivity contribution >= 4 is 23.6 Å². The minimum atomic E-state index is -2.88. The molecule has 0 amide bonds. The summed E-state index contributed by atoms with van der Waals surface area (Å²) in [6.07, 6.45) is 47.3. The first-order chi connectivity index (χ1) is 33.0. The normalized spacial score (nSPS) is 13.8. The summed E-state index contributed by atoms with van der Waals surface area (Å²) in [6.45, 7) is 14.1. The number of aryl methyl sites for hydroxylation is 6. The van der Waals surface area contributed by atoms with Crippen molar-refractivity contribution in [3.05, 3.63) is 148 Å². The molecular formula is C66H98Si. The summed E-state index contributed by atoms with van der Waals surface area (Å²) >= 11 is 0. The van der Waals surface area contributed by atoms with E-state index in [1.807, 2.05) is 0 Å². The molecule has 0 fully saturated rings. The first-order valence-corrected chi connectivity index (χ1v) is 30.9. The molecule has 0 spiro atoms. The van der Waals surface area contributed by atoms with Gasteiger partial charge in [0.1, 0.15) is 0 Å². The van der Waals surface area contributed by atoms with Crippen LogP contribution in [0.2, 0.25) is 5.54 Å². The first-order valence-electron chi connectivity index (χ1n) is 28.8. The van der Waals surface area contributed by atoms with Crippen LogP contribution < -0.4 is 15.6 Å². The first kappa shape index (κ1) is 54.5. The van der Waals surface area contributed by atoms with Crippen LogP contribution in [0.1, 0.15) is 235 Å². The van der Waals surface area contributed by atoms with E-state index in [1.54, 1.807) is 54.5 Å². The van der Waals surface area contributed by atoms with E-state index in [0.29, 0.717) is 5.54 Å². The zero-order chi connectivity index (χ0) is 47.4. The van der Waals surface area contributed by atoms with Gasteiger partial charge < -0.3 is 0 Å². The van der Waals surface area contributed by atoms with Crippen molar-refractivity contribution in [2.24, 2.45) is 0 Å². The van der Waals surface area contributed by atoms with Crippen molar-refractivity contribution in [1.29, 1.82) is 0 Å². The number of hydrogen-bond donors (Lipinski definition) is 0. The number of hydrogen-bond acceptors (Lipinski definition) is 0. The average Bonchev–Trinajstić information content (AvgIpc) is 3.80. The smallest absolute Gasteiger partial charge is 0.0790 e. The molecule has 67 heavy (non-hydrogen) atoms. The third kappa shape index (κ3) is 17.5. The van der Waals surface area contributed by atoms with E-state index in [-0.39, 0.29) is 0 Å². The van der Waals surface area contributed by atoms with Gasteiger partial charge in [0.05, 0.1) is 0 Å². The van der Waals surface area contributed by atoms with Crippen LogP contribution in [0.3, 0.4) is 0 Å². The summed E-state index contributed by atoms with van der Waals surface area (Å²) in [7, 11) is -2.88. The van der Waals surface area contributed by atoms with Gasteiger partial charge in [-0.05, 0) is 138 Å². The number of unbranched alkanes of at least 4 members (excludes halogenated alkanes) is 18. The lowest BCUT2D eigenvalue weighted by Gasteiger charge is -2.41. The lowest BCUT2D eigenvalue weighted by atomic mass is 10.00. The molecule has 0 bridgehead atoms. The van der Waals surface area contributed by atoms with E-state index >= 15 is 0 Å². The lowest BCUT2D eigenvalue weighted by molar-refractivity contribution is 0.661. The molecule has 5 rings (SSSR count). The van der Waals surface area contributed by atoms with Crippen LogP contribution in [-0.4, -0.2) is 8.07 Å². The number of allylic oxidation sites excluding steroid dienone is 4. The molecule has 0 nitrogen and oxygen atoms in total. The zero-order valence-electron chi connectivity index (χ0n) is 44.3. The van der Waals surface area contributed by atoms with Gasteiger partial charge in [0.15, 0.2) is 8.07 Å². The van der Waals surface area contributed by atoms with Crippen molar-refractivity contribution in [3.8, 4) is 0 Å². The fraction of sp³-hybridized carbons (Fsp3) is 0.576. The van der Waals surface area contributed by atoms with E-state index in [2.05, 4.69) is 145 Å². The second kappa shape index (κ2) is 31.7. The molecule has 0 N–H and O–H groups in total. The van der Waals surface area contributed by atoms with Gasteiger partial charge in [-0.15, -0.1) is 0 Å². The Balaban J connectivity index is 1.88. The van der Waals surface area contributed by atoms with E-state index < -0.39 is 8.07 Å². The quantitative estimate of drug-likeness (QED) is 0.0242. The molecule has 1 aliphatic rings. The van der Waals surface area contributed by atoms with Crippen molar-refractivity contribution in [1.82, 2.24) is 0 Å². The fourth-order valence-electron chi connectivity index (χ4n) is 11.4. The third-order valence-corrected chi connectivity index (χ3v) is 20.3. The maximum atomic E-state index is 2.81. The van der Waals surface area contributed by atoms with Gasteiger partial charge >= 0.3 is 0 Å². The Morgan fingerprint density at radius 2 is 0.627 bits per heavy atom. The molecule has 0 saturated heterocycles. The SMILES string of the molecule is CCCCCCc1cc(CCCCCC)cc([Si](c2cc(CCCCCC)cc(CCCCCC)c2)(c2cc(CCCCCC)cc(CCCCCC)c2)C2C=CC=C2Cc2ccccc2)c1. The third-order valence-electron chi connectivity index (χ3n) is 15.2. The molecule has 366 valence electrons. The van der Waals surface area contributed by atoms with Crippen LogP contribution in [0.5, 0.6) is 0 Å². The summed E-state index contributed by atoms with van der Waals surface area (Å²) in [5.41, 5.74) is 13.0. The summed E-state index contributed by atoms with van der Waals surface area (Å²) in [4.78, 5) is 0. The molecule has 0 radical (unpaired) electrons. The van der Waals surface area contributed by atoms with Gasteiger partial charge in [-0.1, -0.05) is 266 Å². The van der Waals surface area contributed by atoms with Crippen LogP contribution in [0, 0.1) is 0 Å². The van der Waals surface area contributed by atoms with Gasteiger partial charge in [0, 0.05) is 5.54 Å². The maximum absolute atomic E-state index is 2.88.